The Morgan fingerprint density at radius 1 is 1.42 bits per heavy atom. The van der Waals surface area contributed by atoms with Crippen molar-refractivity contribution in [3.05, 3.63) is 34.6 Å². The van der Waals surface area contributed by atoms with E-state index in [1.807, 2.05) is 6.07 Å². The van der Waals surface area contributed by atoms with Crippen molar-refractivity contribution in [1.82, 2.24) is 5.32 Å². The van der Waals surface area contributed by atoms with Gasteiger partial charge in [0.1, 0.15) is 5.82 Å². The van der Waals surface area contributed by atoms with Crippen molar-refractivity contribution in [3.8, 4) is 0 Å². The highest BCUT2D eigenvalue weighted by Gasteiger charge is 2.10. The van der Waals surface area contributed by atoms with Crippen LogP contribution in [0, 0.1) is 11.7 Å². The molecule has 1 unspecified atom stereocenters. The van der Waals surface area contributed by atoms with Crippen LogP contribution in [0.3, 0.4) is 0 Å². The smallest absolute Gasteiger partial charge is 0.142 e. The lowest BCUT2D eigenvalue weighted by atomic mass is 9.95. The van der Waals surface area contributed by atoms with Gasteiger partial charge < -0.3 is 10.1 Å². The molecular formula is C15H23ClFNO. The Balaban J connectivity index is 2.49. The van der Waals surface area contributed by atoms with Gasteiger partial charge in [0.2, 0.25) is 0 Å². The first-order valence-electron chi connectivity index (χ1n) is 6.81. The molecule has 4 heteroatoms. The summed E-state index contributed by atoms with van der Waals surface area (Å²) in [5.41, 5.74) is 1.01. The van der Waals surface area contributed by atoms with Gasteiger partial charge in [-0.1, -0.05) is 31.0 Å². The highest BCUT2D eigenvalue weighted by Crippen LogP contribution is 2.19. The molecule has 1 atom stereocenters. The second kappa shape index (κ2) is 9.29. The number of rotatable bonds is 9. The molecular weight excluding hydrogens is 265 g/mol. The number of hydrogen-bond acceptors (Lipinski definition) is 2. The van der Waals surface area contributed by atoms with Crippen molar-refractivity contribution in [1.29, 1.82) is 0 Å². The van der Waals surface area contributed by atoms with E-state index in [4.69, 9.17) is 16.3 Å². The summed E-state index contributed by atoms with van der Waals surface area (Å²) in [5, 5.41) is 3.56. The lowest BCUT2D eigenvalue weighted by molar-refractivity contribution is 0.197. The number of halogens is 2. The monoisotopic (exact) mass is 287 g/mol. The average Bonchev–Trinajstić information content (AvgIpc) is 2.39. The zero-order chi connectivity index (χ0) is 14.1. The maximum atomic E-state index is 13.4. The van der Waals surface area contributed by atoms with Gasteiger partial charge in [-0.25, -0.2) is 4.39 Å². The minimum atomic E-state index is -0.332. The normalized spacial score (nSPS) is 12.6. The van der Waals surface area contributed by atoms with Crippen LogP contribution in [0.1, 0.15) is 25.3 Å². The lowest BCUT2D eigenvalue weighted by Gasteiger charge is -2.17. The van der Waals surface area contributed by atoms with Crippen LogP contribution in [0.2, 0.25) is 5.02 Å². The van der Waals surface area contributed by atoms with E-state index in [1.54, 1.807) is 19.2 Å². The van der Waals surface area contributed by atoms with Gasteiger partial charge in [-0.05, 0) is 43.0 Å². The van der Waals surface area contributed by atoms with Crippen molar-refractivity contribution in [2.24, 2.45) is 5.92 Å². The maximum absolute atomic E-state index is 13.4. The Morgan fingerprint density at radius 2 is 2.21 bits per heavy atom. The highest BCUT2D eigenvalue weighted by molar-refractivity contribution is 6.30. The van der Waals surface area contributed by atoms with E-state index < -0.39 is 0 Å². The zero-order valence-electron chi connectivity index (χ0n) is 11.7. The fourth-order valence-electron chi connectivity index (χ4n) is 2.16. The van der Waals surface area contributed by atoms with Crippen molar-refractivity contribution >= 4 is 11.6 Å². The summed E-state index contributed by atoms with van der Waals surface area (Å²) in [6.07, 6.45) is 3.14. The van der Waals surface area contributed by atoms with Gasteiger partial charge in [0.15, 0.2) is 0 Å². The molecule has 1 aromatic rings. The first-order chi connectivity index (χ1) is 9.17. The molecule has 0 amide bonds. The van der Waals surface area contributed by atoms with Gasteiger partial charge in [-0.15, -0.1) is 0 Å². The molecule has 0 aliphatic rings. The zero-order valence-corrected chi connectivity index (χ0v) is 12.5. The summed E-state index contributed by atoms with van der Waals surface area (Å²) >= 11 is 5.70. The van der Waals surface area contributed by atoms with Crippen LogP contribution in [0.5, 0.6) is 0 Å². The summed E-state index contributed by atoms with van der Waals surface area (Å²) in [6, 6.07) is 5.08. The lowest BCUT2D eigenvalue weighted by Crippen LogP contribution is -2.27. The fraction of sp³-hybridized carbons (Fsp3) is 0.600. The summed E-state index contributed by atoms with van der Waals surface area (Å²) in [4.78, 5) is 0. The molecule has 0 saturated heterocycles. The number of ether oxygens (including phenoxy) is 1. The molecule has 1 aromatic carbocycles. The van der Waals surface area contributed by atoms with E-state index in [0.29, 0.717) is 12.5 Å². The van der Waals surface area contributed by atoms with E-state index in [-0.39, 0.29) is 10.8 Å². The molecule has 0 spiro atoms. The molecule has 0 aliphatic carbocycles. The Hall–Kier alpha value is -0.640. The number of hydrogen-bond donors (Lipinski definition) is 1. The molecule has 0 aliphatic heterocycles. The van der Waals surface area contributed by atoms with Crippen molar-refractivity contribution in [2.45, 2.75) is 26.2 Å². The summed E-state index contributed by atoms with van der Waals surface area (Å²) in [6.45, 7) is 4.67. The Kier molecular flexibility index (Phi) is 8.03. The van der Waals surface area contributed by atoms with E-state index in [2.05, 4.69) is 12.2 Å². The van der Waals surface area contributed by atoms with Crippen molar-refractivity contribution in [2.75, 3.05) is 26.8 Å². The molecule has 0 radical (unpaired) electrons. The minimum absolute atomic E-state index is 0.189. The molecule has 0 saturated carbocycles. The quantitative estimate of drug-likeness (QED) is 0.700. The molecule has 0 heterocycles. The summed E-state index contributed by atoms with van der Waals surface area (Å²) < 4.78 is 18.4. The second-order valence-corrected chi connectivity index (χ2v) is 5.21. The molecule has 2 nitrogen and oxygen atoms in total. The van der Waals surface area contributed by atoms with Crippen LogP contribution < -0.4 is 5.32 Å². The predicted octanol–water partition coefficient (Wildman–Crippen LogP) is 3.67. The van der Waals surface area contributed by atoms with Crippen LogP contribution in [0.4, 0.5) is 4.39 Å². The first kappa shape index (κ1) is 16.4. The van der Waals surface area contributed by atoms with Gasteiger partial charge in [-0.2, -0.15) is 0 Å². The number of nitrogens with one attached hydrogen (secondary N) is 1. The third-order valence-electron chi connectivity index (χ3n) is 3.12. The average molecular weight is 288 g/mol. The number of benzene rings is 1. The Morgan fingerprint density at radius 3 is 2.84 bits per heavy atom. The van der Waals surface area contributed by atoms with Gasteiger partial charge in [-0.3, -0.25) is 0 Å². The van der Waals surface area contributed by atoms with Crippen LogP contribution in [-0.4, -0.2) is 26.8 Å². The van der Waals surface area contributed by atoms with Crippen LogP contribution in [0.15, 0.2) is 18.2 Å². The highest BCUT2D eigenvalue weighted by atomic mass is 35.5. The molecule has 1 rings (SSSR count). The van der Waals surface area contributed by atoms with Crippen LogP contribution >= 0.6 is 11.6 Å². The maximum Gasteiger partial charge on any atom is 0.142 e. The molecule has 19 heavy (non-hydrogen) atoms. The van der Waals surface area contributed by atoms with Gasteiger partial charge >= 0.3 is 0 Å². The Bertz CT molecular complexity index is 373. The van der Waals surface area contributed by atoms with E-state index in [9.17, 15) is 4.39 Å². The van der Waals surface area contributed by atoms with Gasteiger partial charge in [0.25, 0.3) is 0 Å². The predicted molar refractivity (Wildman–Crippen MR) is 78.3 cm³/mol. The largest absolute Gasteiger partial charge is 0.383 e. The standard InChI is InChI=1S/C15H23ClFNO/c1-3-4-13(11-18-7-8-19-2)9-12-5-6-14(16)15(17)10-12/h5-6,10,13,18H,3-4,7-9,11H2,1-2H3. The number of methoxy groups -OCH3 is 1. The Labute approximate surface area is 120 Å². The topological polar surface area (TPSA) is 21.3 Å². The van der Waals surface area contributed by atoms with E-state index in [1.165, 1.54) is 0 Å². The molecule has 0 fully saturated rings. The molecule has 0 bridgehead atoms. The van der Waals surface area contributed by atoms with E-state index >= 15 is 0 Å². The second-order valence-electron chi connectivity index (χ2n) is 4.80. The van der Waals surface area contributed by atoms with E-state index in [0.717, 1.165) is 37.9 Å². The summed E-state index contributed by atoms with van der Waals surface area (Å²) in [5.74, 6) is 0.184. The van der Waals surface area contributed by atoms with Gasteiger partial charge in [0, 0.05) is 13.7 Å². The molecule has 0 aromatic heterocycles. The SMILES string of the molecule is CCCC(CNCCOC)Cc1ccc(Cl)c(F)c1. The van der Waals surface area contributed by atoms with Crippen LogP contribution in [0.25, 0.3) is 0 Å². The summed E-state index contributed by atoms with van der Waals surface area (Å²) in [7, 11) is 1.70. The van der Waals surface area contributed by atoms with Crippen LogP contribution in [-0.2, 0) is 11.2 Å². The minimum Gasteiger partial charge on any atom is -0.383 e. The third-order valence-corrected chi connectivity index (χ3v) is 3.43. The fourth-order valence-corrected chi connectivity index (χ4v) is 2.28. The van der Waals surface area contributed by atoms with Crippen molar-refractivity contribution in [3.63, 3.8) is 0 Å². The first-order valence-corrected chi connectivity index (χ1v) is 7.18. The van der Waals surface area contributed by atoms with Crippen molar-refractivity contribution < 1.29 is 9.13 Å². The molecule has 1 N–H and O–H groups in total. The molecule has 108 valence electrons. The van der Waals surface area contributed by atoms with Gasteiger partial charge in [0.05, 0.1) is 11.6 Å². The third kappa shape index (κ3) is 6.37.